The van der Waals surface area contributed by atoms with Crippen LogP contribution in [0, 0.1) is 47.0 Å². The van der Waals surface area contributed by atoms with Gasteiger partial charge >= 0.3 is 35.3 Å². The molecule has 0 N–H and O–H groups in total. The van der Waals surface area contributed by atoms with E-state index in [1.807, 2.05) is 18.6 Å². The third kappa shape index (κ3) is 10.6. The van der Waals surface area contributed by atoms with E-state index in [1.165, 1.54) is 23.5 Å². The van der Waals surface area contributed by atoms with Crippen molar-refractivity contribution in [1.82, 2.24) is 38.5 Å². The van der Waals surface area contributed by atoms with Gasteiger partial charge in [0.1, 0.15) is 17.5 Å². The van der Waals surface area contributed by atoms with Crippen molar-refractivity contribution in [1.29, 1.82) is 0 Å². The number of aryl methyl sites for hydroxylation is 6. The number of hydrogen-bond donors (Lipinski definition) is 0. The third-order valence-corrected chi connectivity index (χ3v) is 8.31. The number of likely N-dealkylation sites (N-methyl/N-ethyl adjacent to an activating group) is 2. The molecule has 228 valence electrons. The number of imidazole rings is 3. The summed E-state index contributed by atoms with van der Waals surface area (Å²) in [5, 5.41) is 0. The Morgan fingerprint density at radius 2 is 0.975 bits per heavy atom. The fourth-order valence-electron chi connectivity index (χ4n) is 5.47. The minimum absolute atomic E-state index is 0.182. The van der Waals surface area contributed by atoms with Crippen LogP contribution in [-0.2, 0) is 36.1 Å². The predicted molar refractivity (Wildman–Crippen MR) is 164 cm³/mol. The molecule has 0 bridgehead atoms. The second kappa shape index (κ2) is 17.1. The summed E-state index contributed by atoms with van der Waals surface area (Å²) < 4.78 is 7.18. The molecule has 0 fully saturated rings. The van der Waals surface area contributed by atoms with E-state index in [0.29, 0.717) is 0 Å². The fourth-order valence-corrected chi connectivity index (χ4v) is 5.47. The SMILES string of the molecule is Cc1cnc(C)n1CCC(CCN(C)CCN(C)C)(CCn1c(C)cnc1C)CCn1c(C)cnc1C.[Cl][Pt+2][Cl]. The Morgan fingerprint density at radius 1 is 0.625 bits per heavy atom. The van der Waals surface area contributed by atoms with Crippen molar-refractivity contribution >= 4 is 18.8 Å². The molecule has 0 atom stereocenters. The Morgan fingerprint density at radius 3 is 1.25 bits per heavy atom. The van der Waals surface area contributed by atoms with Gasteiger partial charge in [0.2, 0.25) is 0 Å². The maximum absolute atomic E-state index is 4.88. The third-order valence-electron chi connectivity index (χ3n) is 8.31. The van der Waals surface area contributed by atoms with Crippen LogP contribution >= 0.6 is 18.8 Å². The molecule has 3 heterocycles. The van der Waals surface area contributed by atoms with E-state index in [1.54, 1.807) is 0 Å². The van der Waals surface area contributed by atoms with Crippen LogP contribution in [0.3, 0.4) is 0 Å². The molecule has 8 nitrogen and oxygen atoms in total. The summed E-state index contributed by atoms with van der Waals surface area (Å²) in [6.45, 7) is 19.2. The Bertz CT molecular complexity index is 973. The molecule has 0 spiro atoms. The summed E-state index contributed by atoms with van der Waals surface area (Å²) in [4.78, 5) is 18.5. The molecule has 3 aromatic rings. The number of aromatic nitrogens is 6. The van der Waals surface area contributed by atoms with E-state index in [9.17, 15) is 0 Å². The molecule has 0 amide bonds. The summed E-state index contributed by atoms with van der Waals surface area (Å²) in [7, 11) is 16.3. The molecule has 0 radical (unpaired) electrons. The van der Waals surface area contributed by atoms with Crippen LogP contribution in [0.2, 0.25) is 0 Å². The second-order valence-corrected chi connectivity index (χ2v) is 14.7. The summed E-state index contributed by atoms with van der Waals surface area (Å²) in [6.07, 6.45) is 10.6. The molecule has 0 aliphatic rings. The second-order valence-electron chi connectivity index (χ2n) is 11.4. The molecule has 40 heavy (non-hydrogen) atoms. The van der Waals surface area contributed by atoms with E-state index in [4.69, 9.17) is 18.8 Å². The average molecular weight is 777 g/mol. The first-order valence-corrected chi connectivity index (χ1v) is 19.7. The van der Waals surface area contributed by atoms with E-state index >= 15 is 0 Å². The quantitative estimate of drug-likeness (QED) is 0.191. The molecular formula is C29H50Cl2N8Pt+2. The molecule has 0 aliphatic carbocycles. The van der Waals surface area contributed by atoms with Crippen LogP contribution in [0.15, 0.2) is 18.6 Å². The number of hydrogen-bond acceptors (Lipinski definition) is 5. The Kier molecular flexibility index (Phi) is 14.9. The van der Waals surface area contributed by atoms with Gasteiger partial charge in [0.25, 0.3) is 0 Å². The van der Waals surface area contributed by atoms with Gasteiger partial charge in [0.15, 0.2) is 0 Å². The van der Waals surface area contributed by atoms with Gasteiger partial charge in [0, 0.05) is 68.4 Å². The molecule has 0 aliphatic heterocycles. The van der Waals surface area contributed by atoms with Gasteiger partial charge in [0.05, 0.1) is 0 Å². The number of halogens is 2. The summed E-state index contributed by atoms with van der Waals surface area (Å²) in [5.74, 6) is 3.33. The van der Waals surface area contributed by atoms with Crippen molar-refractivity contribution < 1.29 is 16.5 Å². The van der Waals surface area contributed by atoms with Gasteiger partial charge in [-0.1, -0.05) is 0 Å². The first kappa shape index (κ1) is 35.0. The van der Waals surface area contributed by atoms with Gasteiger partial charge in [-0.3, -0.25) is 0 Å². The first-order chi connectivity index (χ1) is 18.9. The molecule has 11 heteroatoms. The van der Waals surface area contributed by atoms with E-state index < -0.39 is 16.5 Å². The molecule has 3 rings (SSSR count). The van der Waals surface area contributed by atoms with Crippen LogP contribution in [0.25, 0.3) is 0 Å². The van der Waals surface area contributed by atoms with E-state index in [2.05, 4.69) is 101 Å². The molecule has 0 saturated carbocycles. The van der Waals surface area contributed by atoms with Crippen molar-refractivity contribution in [3.8, 4) is 0 Å². The van der Waals surface area contributed by atoms with Crippen molar-refractivity contribution in [3.63, 3.8) is 0 Å². The van der Waals surface area contributed by atoms with Gasteiger partial charge in [-0.25, -0.2) is 15.0 Å². The van der Waals surface area contributed by atoms with Crippen molar-refractivity contribution in [2.75, 3.05) is 40.8 Å². The van der Waals surface area contributed by atoms with E-state index in [-0.39, 0.29) is 5.41 Å². The Labute approximate surface area is 258 Å². The number of nitrogens with zero attached hydrogens (tertiary/aromatic N) is 8. The van der Waals surface area contributed by atoms with Crippen LogP contribution in [0.1, 0.15) is 60.2 Å². The van der Waals surface area contributed by atoms with Crippen molar-refractivity contribution in [2.24, 2.45) is 5.41 Å². The zero-order chi connectivity index (χ0) is 29.9. The van der Waals surface area contributed by atoms with Gasteiger partial charge < -0.3 is 23.5 Å². The van der Waals surface area contributed by atoms with Crippen LogP contribution in [0.4, 0.5) is 0 Å². The standard InChI is InChI=1S/C29H50N8.2ClH.Pt/c1-23-20-30-26(4)35(23)15-11-29(10-14-34(9)19-18-33(7)8,12-16-36-24(2)21-31-27(36)5)13-17-37-25(3)22-32-28(37)6;;;/h20-22H,10-19H2,1-9H3;2*1H;/q;;;+4/p-2. The molecule has 0 unspecified atom stereocenters. The van der Waals surface area contributed by atoms with Gasteiger partial charge in [-0.2, -0.15) is 0 Å². The molecular weight excluding hydrogens is 726 g/mol. The molecule has 0 aromatic carbocycles. The normalized spacial score (nSPS) is 12.0. The Hall–Kier alpha value is -1.18. The van der Waals surface area contributed by atoms with Crippen molar-refractivity contribution in [2.45, 2.75) is 86.9 Å². The van der Waals surface area contributed by atoms with E-state index in [0.717, 1.165) is 76.0 Å². The fraction of sp³-hybridized carbons (Fsp3) is 0.690. The zero-order valence-corrected chi connectivity index (χ0v) is 29.7. The van der Waals surface area contributed by atoms with Gasteiger partial charge in [-0.15, -0.1) is 0 Å². The zero-order valence-electron chi connectivity index (χ0n) is 26.0. The summed E-state index contributed by atoms with van der Waals surface area (Å²) >= 11 is -0.472. The maximum atomic E-state index is 4.88. The average Bonchev–Trinajstić information content (AvgIpc) is 3.53. The Balaban J connectivity index is 0.00000178. The first-order valence-electron chi connectivity index (χ1n) is 14.0. The minimum atomic E-state index is -0.472. The van der Waals surface area contributed by atoms with Crippen LogP contribution < -0.4 is 0 Å². The number of rotatable bonds is 15. The van der Waals surface area contributed by atoms with Crippen LogP contribution in [0.5, 0.6) is 0 Å². The topological polar surface area (TPSA) is 59.9 Å². The summed E-state index contributed by atoms with van der Waals surface area (Å²) in [6, 6.07) is 0. The van der Waals surface area contributed by atoms with Crippen LogP contribution in [-0.4, -0.2) is 79.2 Å². The molecule has 3 aromatic heterocycles. The predicted octanol–water partition coefficient (Wildman–Crippen LogP) is 5.94. The van der Waals surface area contributed by atoms with Crippen molar-refractivity contribution in [3.05, 3.63) is 53.1 Å². The van der Waals surface area contributed by atoms with Gasteiger partial charge in [-0.05, 0) is 100 Å². The monoisotopic (exact) mass is 775 g/mol. The molecule has 0 saturated heterocycles. The summed E-state index contributed by atoms with van der Waals surface area (Å²) in [5.41, 5.74) is 3.92.